The van der Waals surface area contributed by atoms with Crippen LogP contribution < -0.4 is 5.32 Å². The molecule has 0 radical (unpaired) electrons. The summed E-state index contributed by atoms with van der Waals surface area (Å²) >= 11 is 0. The molecule has 3 rings (SSSR count). The predicted molar refractivity (Wildman–Crippen MR) is 97.5 cm³/mol. The van der Waals surface area contributed by atoms with Crippen LogP contribution in [0.2, 0.25) is 0 Å². The lowest BCUT2D eigenvalue weighted by Crippen LogP contribution is -2.24. The summed E-state index contributed by atoms with van der Waals surface area (Å²) in [6, 6.07) is 5.58. The van der Waals surface area contributed by atoms with E-state index in [1.54, 1.807) is 18.5 Å². The Bertz CT molecular complexity index is 850. The topological polar surface area (TPSA) is 73.0 Å². The van der Waals surface area contributed by atoms with E-state index in [0.29, 0.717) is 29.2 Å². The molecule has 1 amide bonds. The van der Waals surface area contributed by atoms with Gasteiger partial charge in [-0.15, -0.1) is 0 Å². The van der Waals surface area contributed by atoms with Crippen molar-refractivity contribution in [2.24, 2.45) is 0 Å². The van der Waals surface area contributed by atoms with Gasteiger partial charge in [-0.05, 0) is 38.5 Å². The summed E-state index contributed by atoms with van der Waals surface area (Å²) in [6.07, 6.45) is 6.53. The van der Waals surface area contributed by atoms with Gasteiger partial charge < -0.3 is 9.73 Å². The molecule has 0 aliphatic carbocycles. The van der Waals surface area contributed by atoms with Gasteiger partial charge in [0.05, 0.1) is 23.4 Å². The molecule has 3 aromatic heterocycles. The number of hydrogen-bond donors (Lipinski definition) is 1. The lowest BCUT2D eigenvalue weighted by molar-refractivity contribution is 0.0954. The molecule has 6 nitrogen and oxygen atoms in total. The molecule has 0 aliphatic heterocycles. The SMILES string of the molecule is CCCCCNC(=O)c1cc(-c2ccco2)nc2c1cnn2C(C)C. The fourth-order valence-electron chi connectivity index (χ4n) is 2.81. The number of fused-ring (bicyclic) bond motifs is 1. The smallest absolute Gasteiger partial charge is 0.252 e. The fraction of sp³-hybridized carbons (Fsp3) is 0.421. The minimum Gasteiger partial charge on any atom is -0.463 e. The number of aromatic nitrogens is 3. The second-order valence-corrected chi connectivity index (χ2v) is 6.42. The van der Waals surface area contributed by atoms with E-state index in [9.17, 15) is 4.79 Å². The van der Waals surface area contributed by atoms with Gasteiger partial charge in [0, 0.05) is 12.6 Å². The molecule has 3 heterocycles. The van der Waals surface area contributed by atoms with Crippen LogP contribution in [0.25, 0.3) is 22.5 Å². The molecule has 25 heavy (non-hydrogen) atoms. The van der Waals surface area contributed by atoms with Crippen LogP contribution in [0.4, 0.5) is 0 Å². The Morgan fingerprint density at radius 3 is 2.88 bits per heavy atom. The van der Waals surface area contributed by atoms with E-state index >= 15 is 0 Å². The summed E-state index contributed by atoms with van der Waals surface area (Å²) in [5.74, 6) is 0.540. The van der Waals surface area contributed by atoms with E-state index in [1.807, 2.05) is 30.7 Å². The van der Waals surface area contributed by atoms with Crippen molar-refractivity contribution in [3.05, 3.63) is 36.2 Å². The monoisotopic (exact) mass is 340 g/mol. The van der Waals surface area contributed by atoms with E-state index < -0.39 is 0 Å². The summed E-state index contributed by atoms with van der Waals surface area (Å²) < 4.78 is 7.30. The minimum absolute atomic E-state index is 0.0976. The standard InChI is InChI=1S/C19H24N4O2/c1-4-5-6-9-20-19(24)14-11-16(17-8-7-10-25-17)22-18-15(14)12-21-23(18)13(2)3/h7-8,10-13H,4-6,9H2,1-3H3,(H,20,24). The maximum Gasteiger partial charge on any atom is 0.252 e. The van der Waals surface area contributed by atoms with E-state index in [1.165, 1.54) is 0 Å². The van der Waals surface area contributed by atoms with Crippen LogP contribution in [0.3, 0.4) is 0 Å². The molecule has 0 aliphatic rings. The molecule has 0 aromatic carbocycles. The number of nitrogens with one attached hydrogen (secondary N) is 1. The quantitative estimate of drug-likeness (QED) is 0.654. The van der Waals surface area contributed by atoms with Crippen molar-refractivity contribution in [2.45, 2.75) is 46.1 Å². The molecule has 0 atom stereocenters. The van der Waals surface area contributed by atoms with E-state index in [-0.39, 0.29) is 11.9 Å². The van der Waals surface area contributed by atoms with Gasteiger partial charge in [0.2, 0.25) is 0 Å². The molecule has 0 saturated heterocycles. The third-order valence-electron chi connectivity index (χ3n) is 4.14. The highest BCUT2D eigenvalue weighted by Gasteiger charge is 2.19. The van der Waals surface area contributed by atoms with Crippen LogP contribution in [0, 0.1) is 0 Å². The number of amides is 1. The summed E-state index contributed by atoms with van der Waals surface area (Å²) in [5, 5.41) is 8.18. The Balaban J connectivity index is 2.02. The molecular weight excluding hydrogens is 316 g/mol. The van der Waals surface area contributed by atoms with Crippen LogP contribution in [0.5, 0.6) is 0 Å². The van der Waals surface area contributed by atoms with Gasteiger partial charge in [0.1, 0.15) is 5.69 Å². The molecule has 1 N–H and O–H groups in total. The van der Waals surface area contributed by atoms with Crippen LogP contribution in [0.15, 0.2) is 35.1 Å². The van der Waals surface area contributed by atoms with Crippen molar-refractivity contribution in [2.75, 3.05) is 6.54 Å². The van der Waals surface area contributed by atoms with Crippen molar-refractivity contribution in [1.82, 2.24) is 20.1 Å². The molecule has 0 unspecified atom stereocenters. The first kappa shape index (κ1) is 17.2. The second-order valence-electron chi connectivity index (χ2n) is 6.42. The Labute approximate surface area is 147 Å². The molecule has 0 saturated carbocycles. The summed E-state index contributed by atoms with van der Waals surface area (Å²) in [5.41, 5.74) is 1.92. The Morgan fingerprint density at radius 2 is 2.20 bits per heavy atom. The zero-order chi connectivity index (χ0) is 17.8. The fourth-order valence-corrected chi connectivity index (χ4v) is 2.81. The number of nitrogens with zero attached hydrogens (tertiary/aromatic N) is 3. The molecular formula is C19H24N4O2. The Morgan fingerprint density at radius 1 is 1.36 bits per heavy atom. The highest BCUT2D eigenvalue weighted by atomic mass is 16.3. The number of furan rings is 1. The van der Waals surface area contributed by atoms with Crippen LogP contribution in [-0.2, 0) is 0 Å². The van der Waals surface area contributed by atoms with Crippen LogP contribution >= 0.6 is 0 Å². The van der Waals surface area contributed by atoms with E-state index in [2.05, 4.69) is 22.3 Å². The van der Waals surface area contributed by atoms with Gasteiger partial charge in [-0.25, -0.2) is 9.67 Å². The Kier molecular flexibility index (Phi) is 5.16. The molecule has 132 valence electrons. The number of hydrogen-bond acceptors (Lipinski definition) is 4. The first-order valence-corrected chi connectivity index (χ1v) is 8.82. The van der Waals surface area contributed by atoms with Crippen LogP contribution in [0.1, 0.15) is 56.4 Å². The zero-order valence-electron chi connectivity index (χ0n) is 15.0. The van der Waals surface area contributed by atoms with Gasteiger partial charge in [0.15, 0.2) is 11.4 Å². The number of rotatable bonds is 7. The first-order chi connectivity index (χ1) is 12.1. The molecule has 0 spiro atoms. The number of unbranched alkanes of at least 4 members (excludes halogenated alkanes) is 2. The minimum atomic E-state index is -0.0976. The average molecular weight is 340 g/mol. The van der Waals surface area contributed by atoms with Gasteiger partial charge in [0.25, 0.3) is 5.91 Å². The van der Waals surface area contributed by atoms with Gasteiger partial charge in [-0.2, -0.15) is 5.10 Å². The highest BCUT2D eigenvalue weighted by molar-refractivity contribution is 6.06. The van der Waals surface area contributed by atoms with Gasteiger partial charge in [-0.3, -0.25) is 4.79 Å². The lowest BCUT2D eigenvalue weighted by Gasteiger charge is -2.10. The highest BCUT2D eigenvalue weighted by Crippen LogP contribution is 2.26. The average Bonchev–Trinajstić information content (AvgIpc) is 3.26. The first-order valence-electron chi connectivity index (χ1n) is 8.82. The predicted octanol–water partition coefficient (Wildman–Crippen LogP) is 4.19. The molecule has 0 bridgehead atoms. The normalized spacial score (nSPS) is 11.4. The summed E-state index contributed by atoms with van der Waals surface area (Å²) in [6.45, 7) is 6.89. The summed E-state index contributed by atoms with van der Waals surface area (Å²) in [4.78, 5) is 17.4. The maximum atomic E-state index is 12.7. The number of pyridine rings is 1. The molecule has 3 aromatic rings. The van der Waals surface area contributed by atoms with E-state index in [0.717, 1.165) is 24.6 Å². The van der Waals surface area contributed by atoms with Crippen molar-refractivity contribution in [1.29, 1.82) is 0 Å². The summed E-state index contributed by atoms with van der Waals surface area (Å²) in [7, 11) is 0. The van der Waals surface area contributed by atoms with Crippen molar-refractivity contribution in [3.8, 4) is 11.5 Å². The largest absolute Gasteiger partial charge is 0.463 e. The third-order valence-corrected chi connectivity index (χ3v) is 4.14. The van der Waals surface area contributed by atoms with Gasteiger partial charge >= 0.3 is 0 Å². The number of carbonyl (C=O) groups is 1. The van der Waals surface area contributed by atoms with Crippen molar-refractivity contribution in [3.63, 3.8) is 0 Å². The third kappa shape index (κ3) is 3.57. The zero-order valence-corrected chi connectivity index (χ0v) is 15.0. The van der Waals surface area contributed by atoms with E-state index in [4.69, 9.17) is 4.42 Å². The van der Waals surface area contributed by atoms with Crippen molar-refractivity contribution >= 4 is 16.9 Å². The van der Waals surface area contributed by atoms with Crippen LogP contribution in [-0.4, -0.2) is 27.2 Å². The molecule has 6 heteroatoms. The number of carbonyl (C=O) groups excluding carboxylic acids is 1. The van der Waals surface area contributed by atoms with Crippen molar-refractivity contribution < 1.29 is 9.21 Å². The van der Waals surface area contributed by atoms with Gasteiger partial charge in [-0.1, -0.05) is 19.8 Å². The maximum absolute atomic E-state index is 12.7. The second kappa shape index (κ2) is 7.51. The Hall–Kier alpha value is -2.63. The molecule has 0 fully saturated rings. The lowest BCUT2D eigenvalue weighted by atomic mass is 10.1.